The number of anilines is 1. The van der Waals surface area contributed by atoms with Gasteiger partial charge in [-0.3, -0.25) is 0 Å². The fourth-order valence-electron chi connectivity index (χ4n) is 2.82. The van der Waals surface area contributed by atoms with Crippen molar-refractivity contribution in [1.82, 2.24) is 15.3 Å². The number of hydrogen-bond donors (Lipinski definition) is 1. The monoisotopic (exact) mass is 352 g/mol. The topological polar surface area (TPSA) is 75.2 Å². The second kappa shape index (κ2) is 6.54. The summed E-state index contributed by atoms with van der Waals surface area (Å²) >= 11 is 1.39. The van der Waals surface area contributed by atoms with Crippen LogP contribution >= 0.6 is 11.3 Å². The van der Waals surface area contributed by atoms with Crippen molar-refractivity contribution in [3.8, 4) is 0 Å². The number of sulfone groups is 1. The maximum atomic E-state index is 12.5. The Kier molecular flexibility index (Phi) is 4.65. The number of likely N-dealkylation sites (N-methyl/N-ethyl adjacent to an activating group) is 1. The van der Waals surface area contributed by atoms with Crippen molar-refractivity contribution in [3.63, 3.8) is 0 Å². The van der Waals surface area contributed by atoms with Crippen LogP contribution in [0.15, 0.2) is 28.0 Å². The molecule has 2 aromatic rings. The molecule has 0 unspecified atom stereocenters. The number of rotatable bonds is 5. The van der Waals surface area contributed by atoms with Gasteiger partial charge in [-0.1, -0.05) is 0 Å². The van der Waals surface area contributed by atoms with Gasteiger partial charge in [0.25, 0.3) is 0 Å². The maximum absolute atomic E-state index is 12.5. The lowest BCUT2D eigenvalue weighted by Gasteiger charge is -2.27. The zero-order chi connectivity index (χ0) is 16.4. The molecule has 1 fully saturated rings. The number of pyridine rings is 1. The van der Waals surface area contributed by atoms with Gasteiger partial charge in [-0.05, 0) is 32.0 Å². The molecule has 3 heterocycles. The predicted octanol–water partition coefficient (Wildman–Crippen LogP) is 1.62. The third-order valence-corrected chi connectivity index (χ3v) is 6.31. The summed E-state index contributed by atoms with van der Waals surface area (Å²) in [6.45, 7) is 3.82. The minimum atomic E-state index is -3.47. The number of nitrogens with one attached hydrogen (secondary N) is 1. The summed E-state index contributed by atoms with van der Waals surface area (Å²) in [6, 6.07) is 3.88. The highest BCUT2D eigenvalue weighted by molar-refractivity contribution is 7.90. The minimum absolute atomic E-state index is 0.106. The predicted molar refractivity (Wildman–Crippen MR) is 91.7 cm³/mol. The lowest BCUT2D eigenvalue weighted by molar-refractivity contribution is 0.590. The van der Waals surface area contributed by atoms with E-state index in [4.69, 9.17) is 0 Å². The normalized spacial score (nSPS) is 18.3. The first-order valence-corrected chi connectivity index (χ1v) is 10.1. The Morgan fingerprint density at radius 1 is 1.43 bits per heavy atom. The summed E-state index contributed by atoms with van der Waals surface area (Å²) in [5.74, 6) is -0.106. The van der Waals surface area contributed by atoms with Crippen molar-refractivity contribution in [3.05, 3.63) is 34.4 Å². The minimum Gasteiger partial charge on any atom is -0.369 e. The van der Waals surface area contributed by atoms with E-state index in [-0.39, 0.29) is 10.8 Å². The highest BCUT2D eigenvalue weighted by atomic mass is 32.2. The number of nitrogens with zero attached hydrogens (tertiary/aromatic N) is 3. The van der Waals surface area contributed by atoms with E-state index in [1.54, 1.807) is 17.0 Å². The van der Waals surface area contributed by atoms with E-state index >= 15 is 0 Å². The Bertz CT molecular complexity index is 769. The van der Waals surface area contributed by atoms with Gasteiger partial charge in [0.05, 0.1) is 28.3 Å². The highest BCUT2D eigenvalue weighted by Gasteiger charge is 2.23. The van der Waals surface area contributed by atoms with E-state index < -0.39 is 9.84 Å². The lowest BCUT2D eigenvalue weighted by atomic mass is 10.2. The van der Waals surface area contributed by atoms with Crippen molar-refractivity contribution < 1.29 is 8.42 Å². The molecule has 0 bridgehead atoms. The van der Waals surface area contributed by atoms with E-state index in [2.05, 4.69) is 20.2 Å². The average molecular weight is 352 g/mol. The zero-order valence-electron chi connectivity index (χ0n) is 13.2. The maximum Gasteiger partial charge on any atom is 0.201 e. The van der Waals surface area contributed by atoms with Gasteiger partial charge in [0.15, 0.2) is 5.03 Å². The number of thiazole rings is 1. The Morgan fingerprint density at radius 2 is 2.26 bits per heavy atom. The molecule has 6 nitrogen and oxygen atoms in total. The molecule has 0 amide bonds. The van der Waals surface area contributed by atoms with Crippen LogP contribution in [0.4, 0.5) is 5.69 Å². The van der Waals surface area contributed by atoms with E-state index in [1.165, 1.54) is 11.3 Å². The molecule has 2 aromatic heterocycles. The molecule has 1 saturated heterocycles. The fourth-order valence-corrected chi connectivity index (χ4v) is 4.73. The molecular formula is C15H20N4O2S2. The van der Waals surface area contributed by atoms with Gasteiger partial charge < -0.3 is 10.2 Å². The molecule has 23 heavy (non-hydrogen) atoms. The standard InChI is InChI=1S/C15H20N4O2S2/c1-11-14(19(2)13-5-6-16-7-13)3-4-15(18-11)23(20,21)9-12-8-22-10-17-12/h3-4,8,10,13,16H,5-7,9H2,1-2H3/t13-/m0/s1. The quantitative estimate of drug-likeness (QED) is 0.881. The largest absolute Gasteiger partial charge is 0.369 e. The van der Waals surface area contributed by atoms with Crippen LogP contribution in [0.2, 0.25) is 0 Å². The first-order valence-electron chi connectivity index (χ1n) is 7.48. The Balaban J connectivity index is 1.83. The molecule has 1 atom stereocenters. The van der Waals surface area contributed by atoms with Gasteiger partial charge >= 0.3 is 0 Å². The first kappa shape index (κ1) is 16.4. The van der Waals surface area contributed by atoms with Crippen molar-refractivity contribution in [2.45, 2.75) is 30.2 Å². The molecule has 3 rings (SSSR count). The van der Waals surface area contributed by atoms with Crippen LogP contribution in [0, 0.1) is 6.92 Å². The van der Waals surface area contributed by atoms with Crippen LogP contribution in [0.1, 0.15) is 17.8 Å². The van der Waals surface area contributed by atoms with Crippen LogP contribution in [0.5, 0.6) is 0 Å². The SMILES string of the molecule is Cc1nc(S(=O)(=O)Cc2cscn2)ccc1N(C)[C@H]1CCNC1. The van der Waals surface area contributed by atoms with Gasteiger partial charge in [-0.25, -0.2) is 18.4 Å². The van der Waals surface area contributed by atoms with Crippen molar-refractivity contribution in [2.24, 2.45) is 0 Å². The summed E-state index contributed by atoms with van der Waals surface area (Å²) in [5, 5.41) is 5.20. The Hall–Kier alpha value is -1.51. The Morgan fingerprint density at radius 3 is 2.87 bits per heavy atom. The molecule has 0 saturated carbocycles. The molecule has 0 radical (unpaired) electrons. The van der Waals surface area contributed by atoms with Crippen molar-refractivity contribution >= 4 is 26.9 Å². The van der Waals surface area contributed by atoms with Crippen LogP contribution < -0.4 is 10.2 Å². The van der Waals surface area contributed by atoms with Crippen molar-refractivity contribution in [1.29, 1.82) is 0 Å². The van der Waals surface area contributed by atoms with Gasteiger partial charge in [0, 0.05) is 25.0 Å². The number of aryl methyl sites for hydroxylation is 1. The molecule has 124 valence electrons. The van der Waals surface area contributed by atoms with E-state index in [0.29, 0.717) is 11.7 Å². The summed E-state index contributed by atoms with van der Waals surface area (Å²) in [5.41, 5.74) is 3.91. The Labute approximate surface area is 140 Å². The zero-order valence-corrected chi connectivity index (χ0v) is 14.8. The van der Waals surface area contributed by atoms with Gasteiger partial charge in [-0.2, -0.15) is 0 Å². The summed E-state index contributed by atoms with van der Waals surface area (Å²) < 4.78 is 24.9. The van der Waals surface area contributed by atoms with Gasteiger partial charge in [0.2, 0.25) is 9.84 Å². The van der Waals surface area contributed by atoms with Gasteiger partial charge in [-0.15, -0.1) is 11.3 Å². The fraction of sp³-hybridized carbons (Fsp3) is 0.467. The highest BCUT2D eigenvalue weighted by Crippen LogP contribution is 2.24. The summed E-state index contributed by atoms with van der Waals surface area (Å²) in [6.07, 6.45) is 1.08. The molecule has 0 aromatic carbocycles. The average Bonchev–Trinajstić information content (AvgIpc) is 3.19. The summed E-state index contributed by atoms with van der Waals surface area (Å²) in [4.78, 5) is 10.6. The molecule has 0 spiro atoms. The smallest absolute Gasteiger partial charge is 0.201 e. The number of aromatic nitrogens is 2. The van der Waals surface area contributed by atoms with Crippen LogP contribution in [0.3, 0.4) is 0 Å². The molecular weight excluding hydrogens is 332 g/mol. The van der Waals surface area contributed by atoms with E-state index in [1.807, 2.05) is 20.0 Å². The van der Waals surface area contributed by atoms with Gasteiger partial charge in [0.1, 0.15) is 0 Å². The molecule has 1 aliphatic rings. The molecule has 1 N–H and O–H groups in total. The third kappa shape index (κ3) is 3.54. The van der Waals surface area contributed by atoms with Crippen molar-refractivity contribution in [2.75, 3.05) is 25.0 Å². The first-order chi connectivity index (χ1) is 11.0. The van der Waals surface area contributed by atoms with Crippen LogP contribution in [0.25, 0.3) is 0 Å². The molecule has 8 heteroatoms. The van der Waals surface area contributed by atoms with Crippen LogP contribution in [-0.4, -0.2) is 44.6 Å². The second-order valence-corrected chi connectivity index (χ2v) is 8.41. The van der Waals surface area contributed by atoms with E-state index in [0.717, 1.165) is 30.9 Å². The number of hydrogen-bond acceptors (Lipinski definition) is 7. The van der Waals surface area contributed by atoms with E-state index in [9.17, 15) is 8.42 Å². The lowest BCUT2D eigenvalue weighted by Crippen LogP contribution is -2.34. The third-order valence-electron chi connectivity index (χ3n) is 4.13. The molecule has 0 aliphatic carbocycles. The van der Waals surface area contributed by atoms with Crippen LogP contribution in [-0.2, 0) is 15.6 Å². The molecule has 1 aliphatic heterocycles. The second-order valence-electron chi connectivity index (χ2n) is 5.75. The summed E-state index contributed by atoms with van der Waals surface area (Å²) in [7, 11) is -1.43.